The van der Waals surface area contributed by atoms with Crippen LogP contribution in [0.4, 0.5) is 4.39 Å². The highest BCUT2D eigenvalue weighted by Crippen LogP contribution is 2.21. The summed E-state index contributed by atoms with van der Waals surface area (Å²) >= 11 is 0. The highest BCUT2D eigenvalue weighted by molar-refractivity contribution is 5.78. The fourth-order valence-corrected chi connectivity index (χ4v) is 1.79. The van der Waals surface area contributed by atoms with Gasteiger partial charge in [0.2, 0.25) is 5.91 Å². The van der Waals surface area contributed by atoms with Crippen LogP contribution in [0.5, 0.6) is 5.75 Å². The van der Waals surface area contributed by atoms with Crippen LogP contribution in [0.25, 0.3) is 0 Å². The van der Waals surface area contributed by atoms with E-state index in [1.165, 1.54) is 13.2 Å². The molecule has 1 rings (SSSR count). The van der Waals surface area contributed by atoms with Crippen LogP contribution in [0, 0.1) is 11.7 Å². The molecule has 0 spiro atoms. The van der Waals surface area contributed by atoms with Crippen molar-refractivity contribution in [1.29, 1.82) is 0 Å². The molecule has 106 valence electrons. The zero-order valence-corrected chi connectivity index (χ0v) is 11.8. The topological polar surface area (TPSA) is 50.4 Å². The Morgan fingerprint density at radius 1 is 1.42 bits per heavy atom. The highest BCUT2D eigenvalue weighted by Gasteiger charge is 2.16. The lowest BCUT2D eigenvalue weighted by Crippen LogP contribution is -2.35. The molecule has 1 aromatic carbocycles. The third-order valence-electron chi connectivity index (χ3n) is 2.99. The minimum atomic E-state index is -0.427. The monoisotopic (exact) mass is 268 g/mol. The summed E-state index contributed by atoms with van der Waals surface area (Å²) in [7, 11) is 3.22. The number of rotatable bonds is 6. The average molecular weight is 268 g/mol. The lowest BCUT2D eigenvalue weighted by atomic mass is 10.1. The first-order chi connectivity index (χ1) is 8.99. The van der Waals surface area contributed by atoms with E-state index in [1.807, 2.05) is 13.8 Å². The number of halogens is 1. The number of ether oxygens (including phenoxy) is 1. The molecule has 5 heteroatoms. The van der Waals surface area contributed by atoms with E-state index in [-0.39, 0.29) is 23.6 Å². The second-order valence-corrected chi connectivity index (χ2v) is 4.58. The maximum Gasteiger partial charge on any atom is 0.224 e. The van der Waals surface area contributed by atoms with Crippen LogP contribution in [-0.2, 0) is 4.79 Å². The SMILES string of the molecule is CNCC(C)C(=O)NC(C)c1ccc(OC)c(F)c1. The fraction of sp³-hybridized carbons (Fsp3) is 0.500. The van der Waals surface area contributed by atoms with E-state index in [0.717, 1.165) is 0 Å². The summed E-state index contributed by atoms with van der Waals surface area (Å²) in [6.07, 6.45) is 0. The number of benzene rings is 1. The van der Waals surface area contributed by atoms with Gasteiger partial charge in [0.05, 0.1) is 13.2 Å². The van der Waals surface area contributed by atoms with Crippen LogP contribution in [0.2, 0.25) is 0 Å². The van der Waals surface area contributed by atoms with Gasteiger partial charge in [-0.05, 0) is 31.7 Å². The van der Waals surface area contributed by atoms with Gasteiger partial charge in [-0.1, -0.05) is 13.0 Å². The second kappa shape index (κ2) is 7.09. The summed E-state index contributed by atoms with van der Waals surface area (Å²) < 4.78 is 18.4. The molecule has 0 aromatic heterocycles. The van der Waals surface area contributed by atoms with Gasteiger partial charge in [-0.2, -0.15) is 0 Å². The minimum absolute atomic E-state index is 0.0573. The molecule has 0 heterocycles. The molecule has 4 nitrogen and oxygen atoms in total. The van der Waals surface area contributed by atoms with E-state index in [2.05, 4.69) is 10.6 Å². The van der Waals surface area contributed by atoms with Gasteiger partial charge in [-0.3, -0.25) is 4.79 Å². The maximum absolute atomic E-state index is 13.6. The molecule has 2 unspecified atom stereocenters. The zero-order chi connectivity index (χ0) is 14.4. The van der Waals surface area contributed by atoms with Crippen molar-refractivity contribution in [1.82, 2.24) is 10.6 Å². The number of hydrogen-bond acceptors (Lipinski definition) is 3. The van der Waals surface area contributed by atoms with Crippen molar-refractivity contribution in [2.45, 2.75) is 19.9 Å². The Balaban J connectivity index is 2.70. The van der Waals surface area contributed by atoms with E-state index in [4.69, 9.17) is 4.74 Å². The van der Waals surface area contributed by atoms with Gasteiger partial charge in [0.15, 0.2) is 11.6 Å². The lowest BCUT2D eigenvalue weighted by molar-refractivity contribution is -0.125. The summed E-state index contributed by atoms with van der Waals surface area (Å²) in [4.78, 5) is 11.9. The van der Waals surface area contributed by atoms with Gasteiger partial charge in [0.1, 0.15) is 0 Å². The van der Waals surface area contributed by atoms with Crippen LogP contribution < -0.4 is 15.4 Å². The van der Waals surface area contributed by atoms with Crippen molar-refractivity contribution in [2.75, 3.05) is 20.7 Å². The van der Waals surface area contributed by atoms with Crippen LogP contribution >= 0.6 is 0 Å². The molecule has 1 aromatic rings. The van der Waals surface area contributed by atoms with E-state index < -0.39 is 5.82 Å². The minimum Gasteiger partial charge on any atom is -0.494 e. The Labute approximate surface area is 113 Å². The Hall–Kier alpha value is -1.62. The van der Waals surface area contributed by atoms with Crippen LogP contribution in [0.3, 0.4) is 0 Å². The number of hydrogen-bond donors (Lipinski definition) is 2. The second-order valence-electron chi connectivity index (χ2n) is 4.58. The van der Waals surface area contributed by atoms with Crippen molar-refractivity contribution in [3.63, 3.8) is 0 Å². The molecule has 0 fully saturated rings. The molecule has 19 heavy (non-hydrogen) atoms. The molecular weight excluding hydrogens is 247 g/mol. The molecule has 2 atom stereocenters. The zero-order valence-electron chi connectivity index (χ0n) is 11.8. The van der Waals surface area contributed by atoms with Gasteiger partial charge < -0.3 is 15.4 Å². The first kappa shape index (κ1) is 15.4. The molecule has 0 saturated heterocycles. The summed E-state index contributed by atoms with van der Waals surface area (Å²) in [6.45, 7) is 4.27. The van der Waals surface area contributed by atoms with Crippen molar-refractivity contribution in [2.24, 2.45) is 5.92 Å². The van der Waals surface area contributed by atoms with Crippen molar-refractivity contribution in [3.05, 3.63) is 29.6 Å². The van der Waals surface area contributed by atoms with Crippen molar-refractivity contribution < 1.29 is 13.9 Å². The fourth-order valence-electron chi connectivity index (χ4n) is 1.79. The lowest BCUT2D eigenvalue weighted by Gasteiger charge is -2.18. The third-order valence-corrected chi connectivity index (χ3v) is 2.99. The van der Waals surface area contributed by atoms with Gasteiger partial charge in [-0.15, -0.1) is 0 Å². The number of nitrogens with one attached hydrogen (secondary N) is 2. The first-order valence-corrected chi connectivity index (χ1v) is 6.28. The van der Waals surface area contributed by atoms with E-state index in [9.17, 15) is 9.18 Å². The largest absolute Gasteiger partial charge is 0.494 e. The molecule has 0 aliphatic heterocycles. The molecular formula is C14H21FN2O2. The first-order valence-electron chi connectivity index (χ1n) is 6.28. The maximum atomic E-state index is 13.6. The molecule has 0 bridgehead atoms. The van der Waals surface area contributed by atoms with E-state index in [1.54, 1.807) is 19.2 Å². The van der Waals surface area contributed by atoms with Crippen LogP contribution in [0.15, 0.2) is 18.2 Å². The van der Waals surface area contributed by atoms with Crippen molar-refractivity contribution >= 4 is 5.91 Å². The van der Waals surface area contributed by atoms with Gasteiger partial charge in [0.25, 0.3) is 0 Å². The third kappa shape index (κ3) is 4.21. The number of methoxy groups -OCH3 is 1. The number of amides is 1. The standard InChI is InChI=1S/C14H21FN2O2/c1-9(8-16-3)14(18)17-10(2)11-5-6-13(19-4)12(15)7-11/h5-7,9-10,16H,8H2,1-4H3,(H,17,18). The predicted molar refractivity (Wildman–Crippen MR) is 72.6 cm³/mol. The molecule has 2 N–H and O–H groups in total. The molecule has 0 radical (unpaired) electrons. The Morgan fingerprint density at radius 2 is 2.11 bits per heavy atom. The van der Waals surface area contributed by atoms with Gasteiger partial charge >= 0.3 is 0 Å². The summed E-state index contributed by atoms with van der Waals surface area (Å²) in [5.74, 6) is -0.413. The Kier molecular flexibility index (Phi) is 5.76. The summed E-state index contributed by atoms with van der Waals surface area (Å²) in [5, 5.41) is 5.81. The van der Waals surface area contributed by atoms with E-state index in [0.29, 0.717) is 12.1 Å². The normalized spacial score (nSPS) is 13.7. The molecule has 0 saturated carbocycles. The predicted octanol–water partition coefficient (Wildman–Crippen LogP) is 1.87. The Morgan fingerprint density at radius 3 is 2.63 bits per heavy atom. The van der Waals surface area contributed by atoms with Gasteiger partial charge in [0, 0.05) is 12.5 Å². The summed E-state index contributed by atoms with van der Waals surface area (Å²) in [5.41, 5.74) is 0.711. The molecule has 0 aliphatic carbocycles. The average Bonchev–Trinajstić information content (AvgIpc) is 2.38. The van der Waals surface area contributed by atoms with Crippen LogP contribution in [0.1, 0.15) is 25.5 Å². The van der Waals surface area contributed by atoms with Gasteiger partial charge in [-0.25, -0.2) is 4.39 Å². The summed E-state index contributed by atoms with van der Waals surface area (Å²) in [6, 6.07) is 4.44. The Bertz CT molecular complexity index is 437. The molecule has 0 aliphatic rings. The van der Waals surface area contributed by atoms with E-state index >= 15 is 0 Å². The van der Waals surface area contributed by atoms with Crippen molar-refractivity contribution in [3.8, 4) is 5.75 Å². The smallest absolute Gasteiger partial charge is 0.224 e. The molecule has 1 amide bonds. The number of carbonyl (C=O) groups is 1. The van der Waals surface area contributed by atoms with Crippen LogP contribution in [-0.4, -0.2) is 26.6 Å². The number of carbonyl (C=O) groups excluding carboxylic acids is 1. The highest BCUT2D eigenvalue weighted by atomic mass is 19.1. The quantitative estimate of drug-likeness (QED) is 0.828.